The molecule has 4 saturated carbocycles. The standard InChI is InChI=1S/C11H22.C10H20.2C9H18O.C9H18.C8H16/c1-11(2,3)9-10-7-5-4-6-8-10;1-10(2,3)8-9-6-4-5-7-9;2*1-9(2,3)7-8-5-4-6-10-8;1-9(2,3)7-8-5-4-6-8;1-8(2,3)6-7-4-5-7/h10H,4-9H2,1-3H3;9H,4-8H2,1-3H3;2*8H,4-7H2,1-3H3;8H,4-7H2,1-3H3;7H,4-6H2,1-3H3/t;;2*8-;;/m..10../s1. The van der Waals surface area contributed by atoms with E-state index in [4.69, 9.17) is 9.47 Å². The van der Waals surface area contributed by atoms with Crippen molar-refractivity contribution in [2.75, 3.05) is 13.2 Å². The minimum Gasteiger partial charge on any atom is -0.378 e. The van der Waals surface area contributed by atoms with Gasteiger partial charge in [-0.2, -0.15) is 0 Å². The van der Waals surface area contributed by atoms with Crippen LogP contribution in [0.3, 0.4) is 0 Å². The van der Waals surface area contributed by atoms with E-state index in [9.17, 15) is 0 Å². The van der Waals surface area contributed by atoms with Crippen molar-refractivity contribution in [1.82, 2.24) is 0 Å². The van der Waals surface area contributed by atoms with Crippen LogP contribution in [0.2, 0.25) is 0 Å². The van der Waals surface area contributed by atoms with Gasteiger partial charge in [0.05, 0.1) is 12.2 Å². The average molecular weight is 818 g/mol. The maximum atomic E-state index is 5.53. The summed E-state index contributed by atoms with van der Waals surface area (Å²) in [6.45, 7) is 43.7. The van der Waals surface area contributed by atoms with E-state index in [2.05, 4.69) is 125 Å². The summed E-state index contributed by atoms with van der Waals surface area (Å²) in [5.74, 6) is 4.27. The van der Waals surface area contributed by atoms with Gasteiger partial charge in [-0.15, -0.1) is 0 Å². The predicted octanol–water partition coefficient (Wildman–Crippen LogP) is 18.9. The molecule has 348 valence electrons. The Hall–Kier alpha value is -0.0800. The summed E-state index contributed by atoms with van der Waals surface area (Å²) in [6, 6.07) is 0. The lowest BCUT2D eigenvalue weighted by Crippen LogP contribution is -2.18. The van der Waals surface area contributed by atoms with Gasteiger partial charge >= 0.3 is 0 Å². The highest BCUT2D eigenvalue weighted by atomic mass is 16.5. The summed E-state index contributed by atoms with van der Waals surface area (Å²) in [5, 5.41) is 0. The highest BCUT2D eigenvalue weighted by Crippen LogP contribution is 2.40. The van der Waals surface area contributed by atoms with Gasteiger partial charge in [0.1, 0.15) is 0 Å². The minimum absolute atomic E-state index is 0.439. The third-order valence-electron chi connectivity index (χ3n) is 12.5. The van der Waals surface area contributed by atoms with Crippen molar-refractivity contribution in [1.29, 1.82) is 0 Å². The Bertz CT molecular complexity index is 900. The van der Waals surface area contributed by atoms with Gasteiger partial charge in [0.2, 0.25) is 0 Å². The third-order valence-corrected chi connectivity index (χ3v) is 12.5. The molecule has 0 amide bonds. The van der Waals surface area contributed by atoms with E-state index < -0.39 is 0 Å². The van der Waals surface area contributed by atoms with Gasteiger partial charge in [0, 0.05) is 13.2 Å². The fourth-order valence-corrected chi connectivity index (χ4v) is 10.1. The van der Waals surface area contributed by atoms with Crippen LogP contribution in [0, 0.1) is 56.2 Å². The second-order valence-corrected chi connectivity index (χ2v) is 27.8. The number of hydrogen-bond acceptors (Lipinski definition) is 2. The van der Waals surface area contributed by atoms with E-state index in [1.54, 1.807) is 0 Å². The Morgan fingerprint density at radius 2 is 0.500 bits per heavy atom. The lowest BCUT2D eigenvalue weighted by atomic mass is 9.74. The van der Waals surface area contributed by atoms with Crippen LogP contribution in [0.1, 0.15) is 279 Å². The van der Waals surface area contributed by atoms with Crippen molar-refractivity contribution in [2.24, 2.45) is 56.2 Å². The first-order valence-corrected chi connectivity index (χ1v) is 25.7. The van der Waals surface area contributed by atoms with E-state index in [0.717, 1.165) is 36.9 Å². The lowest BCUT2D eigenvalue weighted by molar-refractivity contribution is 0.0760. The van der Waals surface area contributed by atoms with E-state index in [-0.39, 0.29) is 0 Å². The van der Waals surface area contributed by atoms with E-state index >= 15 is 0 Å². The minimum atomic E-state index is 0.439. The summed E-state index contributed by atoms with van der Waals surface area (Å²) in [6.07, 6.45) is 35.3. The van der Waals surface area contributed by atoms with Gasteiger partial charge in [-0.3, -0.25) is 0 Å². The fraction of sp³-hybridized carbons (Fsp3) is 1.00. The first-order chi connectivity index (χ1) is 26.5. The molecule has 0 aromatic heterocycles. The van der Waals surface area contributed by atoms with Gasteiger partial charge in [0.15, 0.2) is 0 Å². The van der Waals surface area contributed by atoms with Crippen LogP contribution in [0.25, 0.3) is 0 Å². The molecule has 2 saturated heterocycles. The molecular formula is C56H112O2. The second kappa shape index (κ2) is 26.5. The van der Waals surface area contributed by atoms with Crippen molar-refractivity contribution >= 4 is 0 Å². The highest BCUT2D eigenvalue weighted by Gasteiger charge is 2.27. The number of hydrogen-bond donors (Lipinski definition) is 0. The van der Waals surface area contributed by atoms with Crippen molar-refractivity contribution in [2.45, 2.75) is 291 Å². The molecule has 2 atom stereocenters. The Morgan fingerprint density at radius 1 is 0.259 bits per heavy atom. The predicted molar refractivity (Wildman–Crippen MR) is 261 cm³/mol. The number of ether oxygens (including phenoxy) is 2. The third kappa shape index (κ3) is 36.6. The molecule has 4 aliphatic carbocycles. The van der Waals surface area contributed by atoms with Crippen molar-refractivity contribution in [3.8, 4) is 0 Å². The Balaban J connectivity index is 0.000000349. The molecule has 0 bridgehead atoms. The van der Waals surface area contributed by atoms with Crippen LogP contribution < -0.4 is 0 Å². The summed E-state index contributed by atoms with van der Waals surface area (Å²) in [7, 11) is 0. The van der Waals surface area contributed by atoms with Gasteiger partial charge in [0.25, 0.3) is 0 Å². The molecule has 6 rings (SSSR count). The molecule has 0 N–H and O–H groups in total. The van der Waals surface area contributed by atoms with Gasteiger partial charge in [-0.1, -0.05) is 215 Å². The molecule has 0 radical (unpaired) electrons. The molecular weight excluding hydrogens is 705 g/mol. The Kier molecular flexibility index (Phi) is 25.6. The molecule has 0 aromatic rings. The highest BCUT2D eigenvalue weighted by molar-refractivity contribution is 4.79. The molecule has 0 spiro atoms. The maximum absolute atomic E-state index is 5.53. The summed E-state index contributed by atoms with van der Waals surface area (Å²) < 4.78 is 11.1. The van der Waals surface area contributed by atoms with Crippen LogP contribution in [0.15, 0.2) is 0 Å². The molecule has 2 heterocycles. The largest absolute Gasteiger partial charge is 0.378 e. The first-order valence-electron chi connectivity index (χ1n) is 25.7. The molecule has 2 heteroatoms. The van der Waals surface area contributed by atoms with Crippen LogP contribution in [-0.4, -0.2) is 25.4 Å². The molecule has 6 fully saturated rings. The van der Waals surface area contributed by atoms with Crippen LogP contribution in [0.4, 0.5) is 0 Å². The zero-order valence-electron chi connectivity index (χ0n) is 43.7. The van der Waals surface area contributed by atoms with Crippen molar-refractivity contribution < 1.29 is 9.47 Å². The molecule has 2 aliphatic heterocycles. The first kappa shape index (κ1) is 55.9. The van der Waals surface area contributed by atoms with E-state index in [1.165, 1.54) is 154 Å². The topological polar surface area (TPSA) is 18.5 Å². The maximum Gasteiger partial charge on any atom is 0.0581 e. The molecule has 0 unspecified atom stereocenters. The van der Waals surface area contributed by atoms with Gasteiger partial charge in [-0.05, 0) is 120 Å². The monoisotopic (exact) mass is 817 g/mol. The summed E-state index contributed by atoms with van der Waals surface area (Å²) in [5.41, 5.74) is 3.16. The summed E-state index contributed by atoms with van der Waals surface area (Å²) in [4.78, 5) is 0. The smallest absolute Gasteiger partial charge is 0.0581 e. The zero-order chi connectivity index (χ0) is 44.3. The fourth-order valence-electron chi connectivity index (χ4n) is 10.1. The summed E-state index contributed by atoms with van der Waals surface area (Å²) >= 11 is 0. The van der Waals surface area contributed by atoms with Gasteiger partial charge in [-0.25, -0.2) is 0 Å². The van der Waals surface area contributed by atoms with Crippen LogP contribution >= 0.6 is 0 Å². The quantitative estimate of drug-likeness (QED) is 0.266. The number of rotatable bonds is 6. The SMILES string of the molecule is CC(C)(C)CC1CC1.CC(C)(C)CC1CCC1.CC(C)(C)CC1CCCC1.CC(C)(C)CC1CCCCC1.CC(C)(C)C[C@@H]1CCCO1.CC(C)(C)C[C@H]1CCCO1. The van der Waals surface area contributed by atoms with Crippen LogP contribution in [0.5, 0.6) is 0 Å². The lowest BCUT2D eigenvalue weighted by Gasteiger charge is -2.31. The zero-order valence-corrected chi connectivity index (χ0v) is 43.7. The molecule has 58 heavy (non-hydrogen) atoms. The van der Waals surface area contributed by atoms with E-state index in [1.807, 2.05) is 0 Å². The second-order valence-electron chi connectivity index (χ2n) is 27.8. The van der Waals surface area contributed by atoms with Crippen LogP contribution in [-0.2, 0) is 9.47 Å². The molecule has 2 nitrogen and oxygen atoms in total. The average Bonchev–Trinajstić information content (AvgIpc) is 3.41. The van der Waals surface area contributed by atoms with Crippen molar-refractivity contribution in [3.63, 3.8) is 0 Å². The van der Waals surface area contributed by atoms with E-state index in [0.29, 0.717) is 44.7 Å². The van der Waals surface area contributed by atoms with Crippen molar-refractivity contribution in [3.05, 3.63) is 0 Å². The Morgan fingerprint density at radius 3 is 0.672 bits per heavy atom. The molecule has 6 aliphatic rings. The molecule has 0 aromatic carbocycles. The normalized spacial score (nSPS) is 23.7. The van der Waals surface area contributed by atoms with Gasteiger partial charge < -0.3 is 9.47 Å². The Labute approximate surface area is 368 Å².